The lowest BCUT2D eigenvalue weighted by molar-refractivity contribution is -0.112. The molecule has 0 fully saturated rings. The first kappa shape index (κ1) is 20.1. The van der Waals surface area contributed by atoms with Crippen LogP contribution in [0.4, 0.5) is 5.69 Å². The highest BCUT2D eigenvalue weighted by atomic mass is 16.5. The van der Waals surface area contributed by atoms with Crippen molar-refractivity contribution in [2.24, 2.45) is 0 Å². The van der Waals surface area contributed by atoms with E-state index >= 15 is 0 Å². The summed E-state index contributed by atoms with van der Waals surface area (Å²) in [5.74, 6) is 0.744. The molecular formula is C22H24N2O3. The summed E-state index contributed by atoms with van der Waals surface area (Å²) in [5.41, 5.74) is 3.44. The van der Waals surface area contributed by atoms with Crippen molar-refractivity contribution in [3.8, 4) is 17.6 Å². The normalized spacial score (nSPS) is 10.9. The maximum atomic E-state index is 12.5. The standard InChI is InChI=1S/C22H24N2O3/c1-5-10-27-20-9-7-17(13-21(20)26-4)12-18(14-23)22(25)24-19-8-6-15(2)11-16(19)3/h6-9,11-13H,5,10H2,1-4H3,(H,24,25)/b18-12-. The number of aryl methyl sites for hydroxylation is 2. The number of carbonyl (C=O) groups excluding carboxylic acids is 1. The lowest BCUT2D eigenvalue weighted by atomic mass is 10.1. The van der Waals surface area contributed by atoms with Crippen LogP contribution in [0.2, 0.25) is 0 Å². The third-order valence-corrected chi connectivity index (χ3v) is 3.96. The predicted octanol–water partition coefficient (Wildman–Crippen LogP) is 4.65. The van der Waals surface area contributed by atoms with Crippen LogP contribution in [0.25, 0.3) is 6.08 Å². The van der Waals surface area contributed by atoms with Gasteiger partial charge in [0.25, 0.3) is 5.91 Å². The molecular weight excluding hydrogens is 340 g/mol. The molecule has 2 rings (SSSR count). The molecule has 0 aliphatic rings. The molecule has 1 N–H and O–H groups in total. The molecule has 0 aliphatic carbocycles. The topological polar surface area (TPSA) is 71.3 Å². The summed E-state index contributed by atoms with van der Waals surface area (Å²) in [6.07, 6.45) is 2.42. The van der Waals surface area contributed by atoms with Gasteiger partial charge in [-0.25, -0.2) is 0 Å². The van der Waals surface area contributed by atoms with E-state index in [0.29, 0.717) is 29.4 Å². The molecule has 0 heterocycles. The van der Waals surface area contributed by atoms with Crippen LogP contribution in [0.5, 0.6) is 11.5 Å². The monoisotopic (exact) mass is 364 g/mol. The largest absolute Gasteiger partial charge is 0.493 e. The molecule has 0 atom stereocenters. The zero-order chi connectivity index (χ0) is 19.8. The third kappa shape index (κ3) is 5.35. The van der Waals surface area contributed by atoms with Crippen molar-refractivity contribution in [3.63, 3.8) is 0 Å². The minimum absolute atomic E-state index is 0.0132. The average Bonchev–Trinajstić information content (AvgIpc) is 2.66. The number of nitrogens with one attached hydrogen (secondary N) is 1. The van der Waals surface area contributed by atoms with E-state index in [1.165, 1.54) is 6.08 Å². The summed E-state index contributed by atoms with van der Waals surface area (Å²) in [7, 11) is 1.56. The smallest absolute Gasteiger partial charge is 0.266 e. The van der Waals surface area contributed by atoms with Crippen molar-refractivity contribution >= 4 is 17.7 Å². The van der Waals surface area contributed by atoms with E-state index in [1.54, 1.807) is 25.3 Å². The molecule has 0 unspecified atom stereocenters. The van der Waals surface area contributed by atoms with Crippen molar-refractivity contribution in [2.75, 3.05) is 19.0 Å². The first-order valence-corrected chi connectivity index (χ1v) is 8.79. The lowest BCUT2D eigenvalue weighted by Crippen LogP contribution is -2.14. The molecule has 0 radical (unpaired) electrons. The van der Waals surface area contributed by atoms with E-state index in [9.17, 15) is 10.1 Å². The Labute approximate surface area is 160 Å². The Morgan fingerprint density at radius 1 is 1.19 bits per heavy atom. The molecule has 140 valence electrons. The molecule has 0 spiro atoms. The van der Waals surface area contributed by atoms with Gasteiger partial charge in [-0.3, -0.25) is 4.79 Å². The number of hydrogen-bond donors (Lipinski definition) is 1. The Hall–Kier alpha value is -3.26. The Morgan fingerprint density at radius 2 is 1.96 bits per heavy atom. The van der Waals surface area contributed by atoms with Crippen LogP contribution in [-0.4, -0.2) is 19.6 Å². The van der Waals surface area contributed by atoms with Gasteiger partial charge in [0.1, 0.15) is 11.6 Å². The van der Waals surface area contributed by atoms with Crippen molar-refractivity contribution < 1.29 is 14.3 Å². The summed E-state index contributed by atoms with van der Waals surface area (Å²) >= 11 is 0. The number of methoxy groups -OCH3 is 1. The Kier molecular flexibility index (Phi) is 7.01. The van der Waals surface area contributed by atoms with Gasteiger partial charge < -0.3 is 14.8 Å². The molecule has 0 bridgehead atoms. The number of rotatable bonds is 7. The number of hydrogen-bond acceptors (Lipinski definition) is 4. The molecule has 2 aromatic rings. The van der Waals surface area contributed by atoms with Gasteiger partial charge in [-0.05, 0) is 55.7 Å². The molecule has 5 nitrogen and oxygen atoms in total. The second-order valence-electron chi connectivity index (χ2n) is 6.20. The number of anilines is 1. The zero-order valence-corrected chi connectivity index (χ0v) is 16.1. The quantitative estimate of drug-likeness (QED) is 0.573. The van der Waals surface area contributed by atoms with Gasteiger partial charge >= 0.3 is 0 Å². The molecule has 1 amide bonds. The highest BCUT2D eigenvalue weighted by Gasteiger charge is 2.12. The maximum absolute atomic E-state index is 12.5. The van der Waals surface area contributed by atoms with Crippen molar-refractivity contribution in [1.82, 2.24) is 0 Å². The highest BCUT2D eigenvalue weighted by Crippen LogP contribution is 2.29. The molecule has 0 aliphatic heterocycles. The van der Waals surface area contributed by atoms with Crippen LogP contribution >= 0.6 is 0 Å². The van der Waals surface area contributed by atoms with Crippen LogP contribution in [0.3, 0.4) is 0 Å². The fourth-order valence-corrected chi connectivity index (χ4v) is 2.56. The van der Waals surface area contributed by atoms with Gasteiger partial charge in [-0.2, -0.15) is 5.26 Å². The van der Waals surface area contributed by atoms with Gasteiger partial charge in [-0.1, -0.05) is 30.7 Å². The fourth-order valence-electron chi connectivity index (χ4n) is 2.56. The van der Waals surface area contributed by atoms with E-state index in [-0.39, 0.29) is 5.57 Å². The van der Waals surface area contributed by atoms with Crippen molar-refractivity contribution in [3.05, 3.63) is 58.7 Å². The molecule has 0 saturated heterocycles. The minimum atomic E-state index is -0.449. The van der Waals surface area contributed by atoms with Gasteiger partial charge in [0.2, 0.25) is 0 Å². The third-order valence-electron chi connectivity index (χ3n) is 3.96. The SMILES string of the molecule is CCCOc1ccc(/C=C(/C#N)C(=O)Nc2ccc(C)cc2C)cc1OC. The van der Waals surface area contributed by atoms with Crippen LogP contribution in [0.15, 0.2) is 42.0 Å². The van der Waals surface area contributed by atoms with Crippen LogP contribution in [0, 0.1) is 25.2 Å². The number of ether oxygens (including phenoxy) is 2. The van der Waals surface area contributed by atoms with Gasteiger partial charge in [0.05, 0.1) is 13.7 Å². The first-order chi connectivity index (χ1) is 13.0. The average molecular weight is 364 g/mol. The minimum Gasteiger partial charge on any atom is -0.493 e. The van der Waals surface area contributed by atoms with Gasteiger partial charge in [0, 0.05) is 5.69 Å². The van der Waals surface area contributed by atoms with Crippen LogP contribution in [0.1, 0.15) is 30.0 Å². The molecule has 0 aromatic heterocycles. The van der Waals surface area contributed by atoms with E-state index < -0.39 is 5.91 Å². The van der Waals surface area contributed by atoms with Crippen LogP contribution in [-0.2, 0) is 4.79 Å². The molecule has 27 heavy (non-hydrogen) atoms. The van der Waals surface area contributed by atoms with Gasteiger partial charge in [0.15, 0.2) is 11.5 Å². The summed E-state index contributed by atoms with van der Waals surface area (Å²) in [5, 5.41) is 12.2. The predicted molar refractivity (Wildman–Crippen MR) is 107 cm³/mol. The number of nitriles is 1. The van der Waals surface area contributed by atoms with Crippen molar-refractivity contribution in [1.29, 1.82) is 5.26 Å². The summed E-state index contributed by atoms with van der Waals surface area (Å²) in [6.45, 7) is 6.52. The van der Waals surface area contributed by atoms with E-state index in [4.69, 9.17) is 9.47 Å². The maximum Gasteiger partial charge on any atom is 0.266 e. The Morgan fingerprint density at radius 3 is 2.59 bits per heavy atom. The van der Waals surface area contributed by atoms with E-state index in [0.717, 1.165) is 17.5 Å². The molecule has 0 saturated carbocycles. The summed E-state index contributed by atoms with van der Waals surface area (Å²) < 4.78 is 11.0. The summed E-state index contributed by atoms with van der Waals surface area (Å²) in [4.78, 5) is 12.5. The number of benzene rings is 2. The Bertz CT molecular complexity index is 895. The van der Waals surface area contributed by atoms with Crippen LogP contribution < -0.4 is 14.8 Å². The Balaban J connectivity index is 2.24. The zero-order valence-electron chi connectivity index (χ0n) is 16.1. The first-order valence-electron chi connectivity index (χ1n) is 8.79. The molecule has 2 aromatic carbocycles. The fraction of sp³-hybridized carbons (Fsp3) is 0.273. The number of amides is 1. The van der Waals surface area contributed by atoms with E-state index in [2.05, 4.69) is 5.32 Å². The lowest BCUT2D eigenvalue weighted by Gasteiger charge is -2.11. The molecule has 5 heteroatoms. The second kappa shape index (κ2) is 9.44. The highest BCUT2D eigenvalue weighted by molar-refractivity contribution is 6.10. The van der Waals surface area contributed by atoms with E-state index in [1.807, 2.05) is 45.0 Å². The number of carbonyl (C=O) groups is 1. The summed E-state index contributed by atoms with van der Waals surface area (Å²) in [6, 6.07) is 13.0. The number of nitrogens with zero attached hydrogens (tertiary/aromatic N) is 1. The van der Waals surface area contributed by atoms with Crippen molar-refractivity contribution in [2.45, 2.75) is 27.2 Å². The second-order valence-corrected chi connectivity index (χ2v) is 6.20. The van der Waals surface area contributed by atoms with Gasteiger partial charge in [-0.15, -0.1) is 0 Å².